The quantitative estimate of drug-likeness (QED) is 0.660. The molecule has 1 fully saturated rings. The van der Waals surface area contributed by atoms with Gasteiger partial charge in [0.2, 0.25) is 5.91 Å². The van der Waals surface area contributed by atoms with Crippen molar-refractivity contribution in [2.75, 3.05) is 13.1 Å². The highest BCUT2D eigenvalue weighted by Crippen LogP contribution is 2.11. The van der Waals surface area contributed by atoms with Crippen molar-refractivity contribution in [2.24, 2.45) is 5.10 Å². The lowest BCUT2D eigenvalue weighted by molar-refractivity contribution is -0.135. The number of hydrogen-bond donors (Lipinski definition) is 1. The highest BCUT2D eigenvalue weighted by molar-refractivity contribution is 5.99. The van der Waals surface area contributed by atoms with E-state index in [4.69, 9.17) is 0 Å². The summed E-state index contributed by atoms with van der Waals surface area (Å²) in [6.45, 7) is 2.55. The molecule has 1 aromatic heterocycles. The first-order valence-corrected chi connectivity index (χ1v) is 8.83. The second-order valence-electron chi connectivity index (χ2n) is 6.37. The molecule has 7 nitrogen and oxygen atoms in total. The number of carbonyl (C=O) groups is 2. The van der Waals surface area contributed by atoms with Gasteiger partial charge in [-0.1, -0.05) is 18.6 Å². The molecular weight excluding hydrogens is 330 g/mol. The van der Waals surface area contributed by atoms with Gasteiger partial charge in [-0.25, -0.2) is 10.4 Å². The van der Waals surface area contributed by atoms with E-state index in [1.165, 1.54) is 0 Å². The van der Waals surface area contributed by atoms with Crippen molar-refractivity contribution in [2.45, 2.75) is 32.6 Å². The number of hydrazone groups is 1. The average Bonchev–Trinajstić information content (AvgIpc) is 3.12. The van der Waals surface area contributed by atoms with Crippen molar-refractivity contribution in [3.8, 4) is 5.69 Å². The van der Waals surface area contributed by atoms with Crippen molar-refractivity contribution < 1.29 is 9.59 Å². The van der Waals surface area contributed by atoms with E-state index in [1.807, 2.05) is 42.0 Å². The van der Waals surface area contributed by atoms with E-state index in [-0.39, 0.29) is 18.4 Å². The van der Waals surface area contributed by atoms with Crippen LogP contribution in [0.4, 0.5) is 0 Å². The molecule has 2 heterocycles. The number of carbonyl (C=O) groups excluding carboxylic acids is 2. The minimum Gasteiger partial charge on any atom is -0.333 e. The van der Waals surface area contributed by atoms with Crippen LogP contribution >= 0.6 is 0 Å². The minimum atomic E-state index is -0.269. The van der Waals surface area contributed by atoms with Crippen LogP contribution in [0.15, 0.2) is 48.1 Å². The third-order valence-electron chi connectivity index (χ3n) is 4.44. The fourth-order valence-electron chi connectivity index (χ4n) is 2.91. The maximum Gasteiger partial charge on any atom is 0.259 e. The summed E-state index contributed by atoms with van der Waals surface area (Å²) in [6, 6.07) is 7.82. The van der Waals surface area contributed by atoms with Crippen molar-refractivity contribution in [3.63, 3.8) is 0 Å². The van der Waals surface area contributed by atoms with E-state index < -0.39 is 0 Å². The molecule has 0 aliphatic carbocycles. The molecule has 7 heteroatoms. The molecule has 26 heavy (non-hydrogen) atoms. The molecule has 0 unspecified atom stereocenters. The first-order valence-electron chi connectivity index (χ1n) is 8.83. The molecule has 0 radical (unpaired) electrons. The number of benzene rings is 1. The average molecular weight is 353 g/mol. The van der Waals surface area contributed by atoms with E-state index in [0.29, 0.717) is 18.7 Å². The molecule has 1 aliphatic heterocycles. The van der Waals surface area contributed by atoms with Crippen LogP contribution in [-0.2, 0) is 9.59 Å². The predicted molar refractivity (Wildman–Crippen MR) is 99.0 cm³/mol. The van der Waals surface area contributed by atoms with Crippen LogP contribution in [0, 0.1) is 0 Å². The maximum absolute atomic E-state index is 12.1. The van der Waals surface area contributed by atoms with Crippen LogP contribution in [-0.4, -0.2) is 45.1 Å². The van der Waals surface area contributed by atoms with Gasteiger partial charge < -0.3 is 9.47 Å². The molecule has 0 saturated carbocycles. The molecule has 3 rings (SSSR count). The Bertz CT molecular complexity index is 781. The summed E-state index contributed by atoms with van der Waals surface area (Å²) in [6.07, 6.45) is 8.76. The fourth-order valence-corrected chi connectivity index (χ4v) is 2.91. The van der Waals surface area contributed by atoms with Gasteiger partial charge in [0.1, 0.15) is 6.54 Å². The number of amides is 2. The van der Waals surface area contributed by atoms with Crippen molar-refractivity contribution in [1.29, 1.82) is 0 Å². The summed E-state index contributed by atoms with van der Waals surface area (Å²) < 4.78 is 1.91. The Kier molecular flexibility index (Phi) is 5.78. The Morgan fingerprint density at radius 3 is 2.77 bits per heavy atom. The van der Waals surface area contributed by atoms with Crippen LogP contribution in [0.2, 0.25) is 0 Å². The zero-order valence-corrected chi connectivity index (χ0v) is 14.9. The van der Waals surface area contributed by atoms with E-state index in [9.17, 15) is 9.59 Å². The van der Waals surface area contributed by atoms with Crippen molar-refractivity contribution >= 4 is 17.5 Å². The Balaban J connectivity index is 1.57. The summed E-state index contributed by atoms with van der Waals surface area (Å²) >= 11 is 0. The number of rotatable bonds is 5. The number of imidazole rings is 1. The van der Waals surface area contributed by atoms with Crippen molar-refractivity contribution in [3.05, 3.63) is 48.5 Å². The lowest BCUT2D eigenvalue weighted by Gasteiger charge is -2.19. The van der Waals surface area contributed by atoms with Crippen LogP contribution in [0.1, 0.15) is 38.2 Å². The SMILES string of the molecule is C/C(=N/NC(=O)CN1CCCCCC1=O)c1ccc(-n2ccnc2)cc1. The molecule has 0 bridgehead atoms. The fraction of sp³-hybridized carbons (Fsp3) is 0.368. The second-order valence-corrected chi connectivity index (χ2v) is 6.37. The first kappa shape index (κ1) is 17.8. The predicted octanol–water partition coefficient (Wildman–Crippen LogP) is 2.12. The number of likely N-dealkylation sites (tertiary alicyclic amines) is 1. The third kappa shape index (κ3) is 4.56. The molecule has 1 aromatic carbocycles. The molecular formula is C19H23N5O2. The molecule has 1 aliphatic rings. The van der Waals surface area contributed by atoms with Crippen LogP contribution in [0.5, 0.6) is 0 Å². The Hall–Kier alpha value is -2.96. The van der Waals surface area contributed by atoms with Gasteiger partial charge in [0, 0.05) is 31.0 Å². The largest absolute Gasteiger partial charge is 0.333 e. The van der Waals surface area contributed by atoms with Gasteiger partial charge in [-0.05, 0) is 37.5 Å². The Labute approximate surface area is 152 Å². The summed E-state index contributed by atoms with van der Waals surface area (Å²) in [5, 5.41) is 4.16. The van der Waals surface area contributed by atoms with E-state index in [0.717, 1.165) is 30.5 Å². The Morgan fingerprint density at radius 1 is 1.23 bits per heavy atom. The zero-order valence-electron chi connectivity index (χ0n) is 14.9. The lowest BCUT2D eigenvalue weighted by atomic mass is 10.1. The summed E-state index contributed by atoms with van der Waals surface area (Å²) in [4.78, 5) is 29.7. The normalized spacial score (nSPS) is 15.7. The smallest absolute Gasteiger partial charge is 0.259 e. The van der Waals surface area contributed by atoms with E-state index in [2.05, 4.69) is 15.5 Å². The number of hydrogen-bond acceptors (Lipinski definition) is 4. The van der Waals surface area contributed by atoms with Crippen LogP contribution in [0.3, 0.4) is 0 Å². The molecule has 0 spiro atoms. The molecule has 136 valence electrons. The summed E-state index contributed by atoms with van der Waals surface area (Å²) in [5.74, 6) is -0.219. The summed E-state index contributed by atoms with van der Waals surface area (Å²) in [7, 11) is 0. The van der Waals surface area contributed by atoms with Crippen LogP contribution < -0.4 is 5.43 Å². The molecule has 1 saturated heterocycles. The molecule has 2 amide bonds. The van der Waals surface area contributed by atoms with E-state index in [1.54, 1.807) is 17.4 Å². The zero-order chi connectivity index (χ0) is 18.4. The highest BCUT2D eigenvalue weighted by atomic mass is 16.2. The maximum atomic E-state index is 12.1. The van der Waals surface area contributed by atoms with Gasteiger partial charge in [-0.15, -0.1) is 0 Å². The van der Waals surface area contributed by atoms with Gasteiger partial charge in [-0.2, -0.15) is 5.10 Å². The second kappa shape index (κ2) is 8.42. The monoisotopic (exact) mass is 353 g/mol. The minimum absolute atomic E-state index is 0.0495. The number of nitrogens with zero attached hydrogens (tertiary/aromatic N) is 4. The first-order chi connectivity index (χ1) is 12.6. The van der Waals surface area contributed by atoms with Gasteiger partial charge in [0.25, 0.3) is 5.91 Å². The third-order valence-corrected chi connectivity index (χ3v) is 4.44. The van der Waals surface area contributed by atoms with Gasteiger partial charge in [0.05, 0.1) is 12.0 Å². The van der Waals surface area contributed by atoms with E-state index >= 15 is 0 Å². The molecule has 1 N–H and O–H groups in total. The number of nitrogens with one attached hydrogen (secondary N) is 1. The van der Waals surface area contributed by atoms with Crippen LogP contribution in [0.25, 0.3) is 5.69 Å². The lowest BCUT2D eigenvalue weighted by Crippen LogP contribution is -2.39. The topological polar surface area (TPSA) is 79.6 Å². The Morgan fingerprint density at radius 2 is 2.04 bits per heavy atom. The van der Waals surface area contributed by atoms with Gasteiger partial charge >= 0.3 is 0 Å². The molecule has 0 atom stereocenters. The van der Waals surface area contributed by atoms with Gasteiger partial charge in [-0.3, -0.25) is 9.59 Å². The molecule has 2 aromatic rings. The van der Waals surface area contributed by atoms with Crippen molar-refractivity contribution in [1.82, 2.24) is 19.9 Å². The number of aromatic nitrogens is 2. The standard InChI is InChI=1S/C19H23N5O2/c1-15(16-6-8-17(9-7-16)24-12-10-20-14-24)21-22-18(25)13-23-11-4-2-3-5-19(23)26/h6-10,12,14H,2-5,11,13H2,1H3,(H,22,25)/b21-15-. The van der Waals surface area contributed by atoms with Gasteiger partial charge in [0.15, 0.2) is 0 Å². The summed E-state index contributed by atoms with van der Waals surface area (Å²) in [5.41, 5.74) is 5.18. The highest BCUT2D eigenvalue weighted by Gasteiger charge is 2.18.